The van der Waals surface area contributed by atoms with Gasteiger partial charge in [0.25, 0.3) is 5.56 Å². The average molecular weight is 298 g/mol. The number of hydrogen-bond donors (Lipinski definition) is 2. The fourth-order valence-corrected chi connectivity index (χ4v) is 3.18. The maximum Gasteiger partial charge on any atom is 0.258 e. The van der Waals surface area contributed by atoms with Gasteiger partial charge in [0.2, 0.25) is 5.88 Å². The third-order valence-corrected chi connectivity index (χ3v) is 4.44. The van der Waals surface area contributed by atoms with Crippen LogP contribution in [0.1, 0.15) is 50.5 Å². The molecule has 1 aromatic heterocycles. The van der Waals surface area contributed by atoms with Gasteiger partial charge in [-0.15, -0.1) is 0 Å². The van der Waals surface area contributed by atoms with E-state index < -0.39 is 0 Å². The Balaban J connectivity index is 1.92. The molecule has 1 saturated carbocycles. The number of hydrogen-bond acceptors (Lipinski definition) is 3. The molecule has 116 valence electrons. The van der Waals surface area contributed by atoms with Crippen molar-refractivity contribution in [3.05, 3.63) is 40.2 Å². The molecule has 1 heterocycles. The quantitative estimate of drug-likeness (QED) is 0.829. The van der Waals surface area contributed by atoms with E-state index in [9.17, 15) is 9.90 Å². The molecule has 2 N–H and O–H groups in total. The van der Waals surface area contributed by atoms with Crippen LogP contribution in [-0.2, 0) is 0 Å². The van der Waals surface area contributed by atoms with Crippen molar-refractivity contribution in [2.75, 3.05) is 0 Å². The molecular weight excluding hydrogens is 276 g/mol. The fraction of sp³-hybridized carbons (Fsp3) is 0.444. The van der Waals surface area contributed by atoms with Crippen molar-refractivity contribution >= 4 is 17.0 Å². The summed E-state index contributed by atoms with van der Waals surface area (Å²) in [6, 6.07) is 7.63. The number of H-pyrrole nitrogens is 1. The molecule has 0 aliphatic heterocycles. The number of rotatable bonds is 2. The topological polar surface area (TPSA) is 65.5 Å². The first-order chi connectivity index (χ1) is 10.8. The average Bonchev–Trinajstić information content (AvgIpc) is 2.48. The molecule has 0 saturated heterocycles. The Morgan fingerprint density at radius 3 is 2.41 bits per heavy atom. The number of nitrogens with zero attached hydrogens (tertiary/aromatic N) is 1. The lowest BCUT2D eigenvalue weighted by molar-refractivity contribution is 0.450. The first-order valence-electron chi connectivity index (χ1n) is 8.13. The minimum atomic E-state index is -0.267. The van der Waals surface area contributed by atoms with Gasteiger partial charge in [-0.05, 0) is 18.9 Å². The zero-order valence-corrected chi connectivity index (χ0v) is 12.7. The van der Waals surface area contributed by atoms with Gasteiger partial charge in [-0.25, -0.2) is 0 Å². The number of aromatic nitrogens is 1. The van der Waals surface area contributed by atoms with Crippen molar-refractivity contribution in [3.8, 4) is 5.88 Å². The number of aliphatic imine (C=N–C) groups is 1. The highest BCUT2D eigenvalue weighted by Crippen LogP contribution is 2.22. The lowest BCUT2D eigenvalue weighted by Gasteiger charge is -2.15. The first-order valence-corrected chi connectivity index (χ1v) is 8.13. The van der Waals surface area contributed by atoms with Crippen LogP contribution in [0.15, 0.2) is 34.1 Å². The van der Waals surface area contributed by atoms with Gasteiger partial charge in [0.15, 0.2) is 0 Å². The molecule has 0 unspecified atom stereocenters. The molecule has 0 amide bonds. The summed E-state index contributed by atoms with van der Waals surface area (Å²) in [4.78, 5) is 19.1. The van der Waals surface area contributed by atoms with E-state index in [0.29, 0.717) is 17.0 Å². The van der Waals surface area contributed by atoms with Crippen LogP contribution >= 0.6 is 0 Å². The van der Waals surface area contributed by atoms with Crippen molar-refractivity contribution in [1.82, 2.24) is 4.98 Å². The summed E-state index contributed by atoms with van der Waals surface area (Å²) in [5, 5.41) is 11.4. The number of pyridine rings is 1. The summed E-state index contributed by atoms with van der Waals surface area (Å²) in [6.07, 6.45) is 10.3. The molecule has 1 aliphatic carbocycles. The van der Waals surface area contributed by atoms with Crippen LogP contribution < -0.4 is 5.56 Å². The molecule has 0 spiro atoms. The minimum Gasteiger partial charge on any atom is -0.494 e. The molecule has 3 rings (SSSR count). The molecule has 0 radical (unpaired) electrons. The van der Waals surface area contributed by atoms with Crippen LogP contribution in [0.4, 0.5) is 0 Å². The van der Waals surface area contributed by atoms with E-state index in [1.807, 2.05) is 18.2 Å². The Labute approximate surface area is 129 Å². The van der Waals surface area contributed by atoms with Crippen molar-refractivity contribution in [3.63, 3.8) is 0 Å². The Hall–Kier alpha value is -2.10. The highest BCUT2D eigenvalue weighted by molar-refractivity contribution is 6.01. The Morgan fingerprint density at radius 1 is 1.05 bits per heavy atom. The summed E-state index contributed by atoms with van der Waals surface area (Å²) in [5.41, 5.74) is 0.341. The van der Waals surface area contributed by atoms with Crippen LogP contribution in [-0.4, -0.2) is 22.3 Å². The van der Waals surface area contributed by atoms with E-state index in [1.54, 1.807) is 12.3 Å². The summed E-state index contributed by atoms with van der Waals surface area (Å²) in [6.45, 7) is 0. The number of benzene rings is 1. The molecule has 1 aliphatic rings. The number of aromatic amines is 1. The van der Waals surface area contributed by atoms with Crippen LogP contribution in [0.2, 0.25) is 0 Å². The van der Waals surface area contributed by atoms with Gasteiger partial charge < -0.3 is 5.11 Å². The van der Waals surface area contributed by atoms with Gasteiger partial charge in [0.05, 0.1) is 5.56 Å². The molecule has 4 heteroatoms. The van der Waals surface area contributed by atoms with Crippen molar-refractivity contribution in [2.24, 2.45) is 4.99 Å². The summed E-state index contributed by atoms with van der Waals surface area (Å²) < 4.78 is 0. The van der Waals surface area contributed by atoms with Gasteiger partial charge in [-0.1, -0.05) is 50.3 Å². The number of aromatic hydroxyl groups is 1. The lowest BCUT2D eigenvalue weighted by atomic mass is 9.97. The molecule has 0 bridgehead atoms. The van der Waals surface area contributed by atoms with E-state index >= 15 is 0 Å². The molecule has 1 fully saturated rings. The zero-order valence-electron chi connectivity index (χ0n) is 12.7. The van der Waals surface area contributed by atoms with Crippen LogP contribution in [0.25, 0.3) is 10.8 Å². The summed E-state index contributed by atoms with van der Waals surface area (Å²) in [7, 11) is 0. The Morgan fingerprint density at radius 2 is 1.68 bits per heavy atom. The number of nitrogens with one attached hydrogen (secondary N) is 1. The highest BCUT2D eigenvalue weighted by atomic mass is 16.3. The van der Waals surface area contributed by atoms with Crippen LogP contribution in [0.5, 0.6) is 5.88 Å². The second-order valence-corrected chi connectivity index (χ2v) is 6.04. The van der Waals surface area contributed by atoms with Crippen molar-refractivity contribution in [2.45, 2.75) is 51.0 Å². The second-order valence-electron chi connectivity index (χ2n) is 6.04. The Kier molecular flexibility index (Phi) is 4.56. The van der Waals surface area contributed by atoms with E-state index in [-0.39, 0.29) is 11.4 Å². The third kappa shape index (κ3) is 3.21. The zero-order chi connectivity index (χ0) is 15.4. The molecule has 2 aromatic rings. The molecule has 22 heavy (non-hydrogen) atoms. The molecule has 4 nitrogen and oxygen atoms in total. The molecule has 1 aromatic carbocycles. The molecule has 0 atom stereocenters. The normalized spacial score (nSPS) is 17.6. The SMILES string of the molecule is O=c1[nH]c(O)c(C=NC2CCCCCCC2)c2ccccc12. The van der Waals surface area contributed by atoms with Gasteiger partial charge in [0.1, 0.15) is 0 Å². The molecular formula is C18H22N2O2. The lowest BCUT2D eigenvalue weighted by Crippen LogP contribution is -2.10. The first kappa shape index (κ1) is 14.8. The maximum atomic E-state index is 11.9. The summed E-state index contributed by atoms with van der Waals surface area (Å²) >= 11 is 0. The summed E-state index contributed by atoms with van der Waals surface area (Å²) in [5.74, 6) is -0.0988. The smallest absolute Gasteiger partial charge is 0.258 e. The van der Waals surface area contributed by atoms with E-state index in [4.69, 9.17) is 0 Å². The fourth-order valence-electron chi connectivity index (χ4n) is 3.18. The van der Waals surface area contributed by atoms with E-state index in [0.717, 1.165) is 18.2 Å². The van der Waals surface area contributed by atoms with Crippen LogP contribution in [0, 0.1) is 0 Å². The minimum absolute atomic E-state index is 0.0988. The maximum absolute atomic E-state index is 11.9. The number of fused-ring (bicyclic) bond motifs is 1. The van der Waals surface area contributed by atoms with Crippen LogP contribution in [0.3, 0.4) is 0 Å². The van der Waals surface area contributed by atoms with E-state index in [2.05, 4.69) is 9.98 Å². The standard InChI is InChI=1S/C18H22N2O2/c21-17-15-11-7-6-10-14(15)16(18(22)20-17)12-19-13-8-4-2-1-3-5-9-13/h6-7,10-13H,1-5,8-9H2,(H2,20,21,22). The third-order valence-electron chi connectivity index (χ3n) is 4.44. The predicted octanol–water partition coefficient (Wildman–Crippen LogP) is 3.77. The van der Waals surface area contributed by atoms with Crippen molar-refractivity contribution < 1.29 is 5.11 Å². The Bertz CT molecular complexity index is 725. The largest absolute Gasteiger partial charge is 0.494 e. The van der Waals surface area contributed by atoms with Gasteiger partial charge >= 0.3 is 0 Å². The predicted molar refractivity (Wildman–Crippen MR) is 89.9 cm³/mol. The van der Waals surface area contributed by atoms with E-state index in [1.165, 1.54) is 32.1 Å². The van der Waals surface area contributed by atoms with Gasteiger partial charge in [-0.3, -0.25) is 14.8 Å². The monoisotopic (exact) mass is 298 g/mol. The van der Waals surface area contributed by atoms with Gasteiger partial charge in [0, 0.05) is 23.0 Å². The second kappa shape index (κ2) is 6.77. The highest BCUT2D eigenvalue weighted by Gasteiger charge is 2.11. The van der Waals surface area contributed by atoms with Gasteiger partial charge in [-0.2, -0.15) is 0 Å². The van der Waals surface area contributed by atoms with Crippen molar-refractivity contribution in [1.29, 1.82) is 0 Å².